The molecule has 0 aromatic carbocycles. The van der Waals surface area contributed by atoms with E-state index < -0.39 is 36.1 Å². The van der Waals surface area contributed by atoms with E-state index in [4.69, 9.17) is 20.4 Å². The summed E-state index contributed by atoms with van der Waals surface area (Å²) in [4.78, 5) is 42.4. The van der Waals surface area contributed by atoms with E-state index in [0.29, 0.717) is 12.8 Å². The van der Waals surface area contributed by atoms with Crippen LogP contribution in [0.2, 0.25) is 0 Å². The number of carbonyl (C=O) groups is 4. The predicted molar refractivity (Wildman–Crippen MR) is 219 cm³/mol. The van der Waals surface area contributed by atoms with Gasteiger partial charge in [-0.25, -0.2) is 9.59 Å². The molecule has 0 bridgehead atoms. The van der Waals surface area contributed by atoms with Gasteiger partial charge in [0.1, 0.15) is 0 Å². The van der Waals surface area contributed by atoms with Crippen molar-refractivity contribution in [3.8, 4) is 0 Å². The van der Waals surface area contributed by atoms with Crippen LogP contribution in [0.5, 0.6) is 0 Å². The lowest BCUT2D eigenvalue weighted by Gasteiger charge is -2.14. The Morgan fingerprint density at radius 3 is 0.889 bits per heavy atom. The van der Waals surface area contributed by atoms with Gasteiger partial charge in [-0.15, -0.1) is 0 Å². The molecule has 2 unspecified atom stereocenters. The van der Waals surface area contributed by atoms with Crippen molar-refractivity contribution in [1.82, 2.24) is 0 Å². The molecule has 0 rings (SSSR count). The fourth-order valence-corrected chi connectivity index (χ4v) is 5.41. The van der Waals surface area contributed by atoms with Crippen molar-refractivity contribution in [1.29, 1.82) is 0 Å². The molecule has 10 heteroatoms. The first-order valence-corrected chi connectivity index (χ1v) is 21.5. The maximum absolute atomic E-state index is 10.9. The number of carboxylic acids is 2. The Balaban J connectivity index is -0.000000736. The summed E-state index contributed by atoms with van der Waals surface area (Å²) in [6.45, 7) is 7.73. The van der Waals surface area contributed by atoms with Crippen LogP contribution in [0.3, 0.4) is 0 Å². The Labute approximate surface area is 329 Å². The van der Waals surface area contributed by atoms with Crippen LogP contribution in [-0.2, 0) is 28.7 Å². The topological polar surface area (TPSA) is 168 Å². The van der Waals surface area contributed by atoms with E-state index in [9.17, 15) is 19.2 Å². The van der Waals surface area contributed by atoms with Gasteiger partial charge in [-0.2, -0.15) is 0 Å². The molecule has 0 fully saturated rings. The van der Waals surface area contributed by atoms with Gasteiger partial charge in [0.15, 0.2) is 12.2 Å². The Kier molecular flexibility index (Phi) is 47.8. The molecule has 0 amide bonds. The number of hydrogen-bond acceptors (Lipinski definition) is 8. The van der Waals surface area contributed by atoms with Crippen LogP contribution in [0.25, 0.3) is 0 Å². The lowest BCUT2D eigenvalue weighted by atomic mass is 10.1. The van der Waals surface area contributed by atoms with E-state index in [2.05, 4.69) is 47.6 Å². The lowest BCUT2D eigenvalue weighted by Crippen LogP contribution is -2.41. The van der Waals surface area contributed by atoms with E-state index in [-0.39, 0.29) is 13.2 Å². The van der Waals surface area contributed by atoms with E-state index in [1.165, 1.54) is 141 Å². The third kappa shape index (κ3) is 47.3. The number of hydrogen-bond donors (Lipinski definition) is 4. The summed E-state index contributed by atoms with van der Waals surface area (Å²) in [7, 11) is 0. The number of aliphatic hydroxyl groups excluding tert-OH is 2. The standard InChI is InChI=1S/2C18H34O2.C8H14O6/c2*1-2-3-4-5-6-7-8-9-10-11-12-13-14-15-16-17-18(19)20;1-3-13-7(11)5(9)6(10)8(12)14-4-2/h2*9-10H,2-8,11-17H2,1H3,(H,19,20);5-6,9-10H,3-4H2,1-2H3. The van der Waals surface area contributed by atoms with Crippen LogP contribution in [0.1, 0.15) is 207 Å². The lowest BCUT2D eigenvalue weighted by molar-refractivity contribution is -0.172. The Morgan fingerprint density at radius 2 is 0.648 bits per heavy atom. The van der Waals surface area contributed by atoms with Crippen molar-refractivity contribution in [2.24, 2.45) is 0 Å². The molecule has 0 aliphatic rings. The first-order chi connectivity index (χ1) is 26.1. The molecular formula is C44H82O10. The molecule has 0 saturated carbocycles. The minimum atomic E-state index is -1.89. The molecule has 54 heavy (non-hydrogen) atoms. The second-order valence-corrected chi connectivity index (χ2v) is 13.8. The normalized spacial score (nSPS) is 12.0. The van der Waals surface area contributed by atoms with Crippen molar-refractivity contribution in [3.05, 3.63) is 24.3 Å². The van der Waals surface area contributed by atoms with Gasteiger partial charge >= 0.3 is 23.9 Å². The second kappa shape index (κ2) is 46.4. The fourth-order valence-electron chi connectivity index (χ4n) is 5.41. The number of unbranched alkanes of at least 4 members (excludes halogenated alkanes) is 22. The molecule has 0 spiro atoms. The molecule has 2 atom stereocenters. The zero-order chi connectivity index (χ0) is 40.9. The van der Waals surface area contributed by atoms with Gasteiger partial charge in [0.2, 0.25) is 0 Å². The van der Waals surface area contributed by atoms with Crippen molar-refractivity contribution in [3.63, 3.8) is 0 Å². The summed E-state index contributed by atoms with van der Waals surface area (Å²) >= 11 is 0. The first-order valence-electron chi connectivity index (χ1n) is 21.5. The highest BCUT2D eigenvalue weighted by Gasteiger charge is 2.32. The summed E-state index contributed by atoms with van der Waals surface area (Å²) in [6, 6.07) is 0. The van der Waals surface area contributed by atoms with Crippen molar-refractivity contribution in [2.75, 3.05) is 13.2 Å². The van der Waals surface area contributed by atoms with E-state index >= 15 is 0 Å². The van der Waals surface area contributed by atoms with Crippen LogP contribution in [-0.4, -0.2) is 69.7 Å². The Morgan fingerprint density at radius 1 is 0.407 bits per heavy atom. The number of aliphatic carboxylic acids is 2. The third-order valence-corrected chi connectivity index (χ3v) is 8.66. The van der Waals surface area contributed by atoms with Gasteiger partial charge < -0.3 is 29.9 Å². The maximum Gasteiger partial charge on any atom is 0.338 e. The first kappa shape index (κ1) is 55.6. The van der Waals surface area contributed by atoms with Gasteiger partial charge in [-0.1, -0.05) is 141 Å². The molecular weight excluding hydrogens is 688 g/mol. The molecule has 4 N–H and O–H groups in total. The average molecular weight is 771 g/mol. The average Bonchev–Trinajstić information content (AvgIpc) is 3.14. The number of carboxylic acid groups (broad SMARTS) is 2. The predicted octanol–water partition coefficient (Wildman–Crippen LogP) is 11.1. The molecule has 318 valence electrons. The van der Waals surface area contributed by atoms with Crippen LogP contribution in [0.4, 0.5) is 0 Å². The molecule has 0 aliphatic heterocycles. The number of aliphatic hydroxyl groups is 2. The largest absolute Gasteiger partial charge is 0.481 e. The van der Waals surface area contributed by atoms with Gasteiger partial charge in [0, 0.05) is 12.8 Å². The minimum Gasteiger partial charge on any atom is -0.481 e. The highest BCUT2D eigenvalue weighted by molar-refractivity contribution is 5.85. The van der Waals surface area contributed by atoms with Crippen molar-refractivity contribution in [2.45, 2.75) is 220 Å². The number of ether oxygens (including phenoxy) is 2. The second-order valence-electron chi connectivity index (χ2n) is 13.8. The van der Waals surface area contributed by atoms with E-state index in [1.807, 2.05) is 0 Å². The maximum atomic E-state index is 10.9. The molecule has 0 heterocycles. The van der Waals surface area contributed by atoms with Crippen molar-refractivity contribution < 1.29 is 49.1 Å². The quantitative estimate of drug-likeness (QED) is 0.0276. The zero-order valence-corrected chi connectivity index (χ0v) is 34.9. The van der Waals surface area contributed by atoms with E-state index in [1.54, 1.807) is 13.8 Å². The molecule has 0 saturated heterocycles. The van der Waals surface area contributed by atoms with Crippen molar-refractivity contribution >= 4 is 23.9 Å². The van der Waals surface area contributed by atoms with Gasteiger partial charge in [-0.05, 0) is 78.1 Å². The molecule has 10 nitrogen and oxygen atoms in total. The van der Waals surface area contributed by atoms with Gasteiger partial charge in [0.25, 0.3) is 0 Å². The van der Waals surface area contributed by atoms with Crippen LogP contribution < -0.4 is 0 Å². The number of esters is 2. The minimum absolute atomic E-state index is 0.0610. The molecule has 0 aromatic rings. The smallest absolute Gasteiger partial charge is 0.338 e. The molecule has 0 radical (unpaired) electrons. The van der Waals surface area contributed by atoms with Gasteiger partial charge in [-0.3, -0.25) is 9.59 Å². The number of allylic oxidation sites excluding steroid dienone is 4. The summed E-state index contributed by atoms with van der Waals surface area (Å²) in [5.41, 5.74) is 0. The van der Waals surface area contributed by atoms with Crippen LogP contribution >= 0.6 is 0 Å². The highest BCUT2D eigenvalue weighted by atomic mass is 16.6. The summed E-state index contributed by atoms with van der Waals surface area (Å²) in [5.74, 6) is -3.42. The molecule has 0 aromatic heterocycles. The summed E-state index contributed by atoms with van der Waals surface area (Å²) in [5, 5.41) is 35.2. The van der Waals surface area contributed by atoms with E-state index in [0.717, 1.165) is 25.7 Å². The van der Waals surface area contributed by atoms with Crippen LogP contribution in [0, 0.1) is 0 Å². The fraction of sp³-hybridized carbons (Fsp3) is 0.818. The Bertz CT molecular complexity index is 830. The highest BCUT2D eigenvalue weighted by Crippen LogP contribution is 2.11. The third-order valence-electron chi connectivity index (χ3n) is 8.66. The SMILES string of the molecule is CCCCCCCCC=CCCCCCCCC(=O)O.CCCCCCCCC=CCCCCCCCC(=O)O.CCOC(=O)C(O)C(O)C(=O)OCC. The number of rotatable bonds is 35. The monoisotopic (exact) mass is 771 g/mol. The summed E-state index contributed by atoms with van der Waals surface area (Å²) in [6.07, 6.45) is 38.7. The molecule has 0 aliphatic carbocycles. The Hall–Kier alpha value is -2.72. The number of carbonyl (C=O) groups excluding carboxylic acids is 2. The summed E-state index contributed by atoms with van der Waals surface area (Å²) < 4.78 is 8.79. The zero-order valence-electron chi connectivity index (χ0n) is 34.9. The van der Waals surface area contributed by atoms with Gasteiger partial charge in [0.05, 0.1) is 13.2 Å². The van der Waals surface area contributed by atoms with Crippen LogP contribution in [0.15, 0.2) is 24.3 Å².